The molecule has 1 N–H and O–H groups in total. The molecular formula is C12H20N2O2. The summed E-state index contributed by atoms with van der Waals surface area (Å²) in [6.07, 6.45) is 2.87. The molecule has 4 nitrogen and oxygen atoms in total. The number of hydrogen-bond acceptors (Lipinski definition) is 3. The van der Waals surface area contributed by atoms with Gasteiger partial charge in [-0.3, -0.25) is 4.79 Å². The van der Waals surface area contributed by atoms with E-state index < -0.39 is 5.92 Å². The fraction of sp³-hybridized carbons (Fsp3) is 0.833. The summed E-state index contributed by atoms with van der Waals surface area (Å²) in [5.74, 6) is -0.665. The zero-order valence-corrected chi connectivity index (χ0v) is 10.0. The number of nitrogens with zero attached hydrogens (tertiary/aromatic N) is 2. The molecule has 1 saturated heterocycles. The molecule has 2 atom stereocenters. The van der Waals surface area contributed by atoms with E-state index in [2.05, 4.69) is 6.07 Å². The van der Waals surface area contributed by atoms with Crippen LogP contribution in [0.4, 0.5) is 0 Å². The van der Waals surface area contributed by atoms with Crippen LogP contribution in [0.25, 0.3) is 0 Å². The van der Waals surface area contributed by atoms with Gasteiger partial charge in [-0.15, -0.1) is 0 Å². The first-order valence-electron chi connectivity index (χ1n) is 5.92. The average Bonchev–Trinajstić information content (AvgIpc) is 2.29. The number of rotatable bonds is 3. The van der Waals surface area contributed by atoms with Gasteiger partial charge in [0.15, 0.2) is 0 Å². The normalized spacial score (nSPS) is 22.9. The number of aliphatic hydroxyl groups excluding tert-OH is 1. The summed E-state index contributed by atoms with van der Waals surface area (Å²) in [6, 6.07) is 1.98. The number of piperidine rings is 1. The summed E-state index contributed by atoms with van der Waals surface area (Å²) in [5.41, 5.74) is 0. The molecule has 0 spiro atoms. The second-order valence-corrected chi connectivity index (χ2v) is 4.71. The number of hydrogen-bond donors (Lipinski definition) is 1. The molecule has 0 saturated carbocycles. The summed E-state index contributed by atoms with van der Waals surface area (Å²) in [4.78, 5) is 13.8. The van der Waals surface area contributed by atoms with E-state index in [1.54, 1.807) is 4.90 Å². The van der Waals surface area contributed by atoms with Crippen LogP contribution in [-0.4, -0.2) is 35.1 Å². The van der Waals surface area contributed by atoms with Crippen LogP contribution in [-0.2, 0) is 4.79 Å². The lowest BCUT2D eigenvalue weighted by molar-refractivity contribution is -0.139. The minimum Gasteiger partial charge on any atom is -0.394 e. The monoisotopic (exact) mass is 224 g/mol. The standard InChI is InChI=1S/C12H20N2O2/c1-9(2)11(7-13)12(16)14-6-4-3-5-10(14)8-15/h9-11,15H,3-6,8H2,1-2H3. The van der Waals surface area contributed by atoms with Gasteiger partial charge in [-0.2, -0.15) is 5.26 Å². The van der Waals surface area contributed by atoms with Gasteiger partial charge in [0, 0.05) is 6.54 Å². The van der Waals surface area contributed by atoms with Crippen LogP contribution in [0.2, 0.25) is 0 Å². The number of carbonyl (C=O) groups excluding carboxylic acids is 1. The largest absolute Gasteiger partial charge is 0.394 e. The Bertz CT molecular complexity index is 283. The predicted molar refractivity (Wildman–Crippen MR) is 60.4 cm³/mol. The van der Waals surface area contributed by atoms with Crippen molar-refractivity contribution >= 4 is 5.91 Å². The van der Waals surface area contributed by atoms with Gasteiger partial charge in [0.2, 0.25) is 5.91 Å². The van der Waals surface area contributed by atoms with Gasteiger partial charge >= 0.3 is 0 Å². The third-order valence-electron chi connectivity index (χ3n) is 3.19. The lowest BCUT2D eigenvalue weighted by Gasteiger charge is -2.36. The maximum Gasteiger partial charge on any atom is 0.240 e. The molecule has 1 heterocycles. The van der Waals surface area contributed by atoms with Crippen molar-refractivity contribution in [2.45, 2.75) is 39.2 Å². The number of aliphatic hydroxyl groups is 1. The van der Waals surface area contributed by atoms with E-state index in [-0.39, 0.29) is 24.5 Å². The maximum absolute atomic E-state index is 12.1. The van der Waals surface area contributed by atoms with Crippen molar-refractivity contribution in [3.8, 4) is 6.07 Å². The third-order valence-corrected chi connectivity index (χ3v) is 3.19. The van der Waals surface area contributed by atoms with E-state index in [4.69, 9.17) is 5.26 Å². The Morgan fingerprint density at radius 2 is 2.25 bits per heavy atom. The Kier molecular flexibility index (Phi) is 4.75. The Morgan fingerprint density at radius 1 is 1.56 bits per heavy atom. The highest BCUT2D eigenvalue weighted by atomic mass is 16.3. The highest BCUT2D eigenvalue weighted by Gasteiger charge is 2.32. The quantitative estimate of drug-likeness (QED) is 0.782. The summed E-state index contributed by atoms with van der Waals surface area (Å²) in [6.45, 7) is 4.43. The number of amides is 1. The van der Waals surface area contributed by atoms with Gasteiger partial charge in [0.1, 0.15) is 5.92 Å². The molecule has 0 aliphatic carbocycles. The van der Waals surface area contributed by atoms with Crippen LogP contribution in [0.15, 0.2) is 0 Å². The predicted octanol–water partition coefficient (Wildman–Crippen LogP) is 1.16. The molecule has 1 fully saturated rings. The van der Waals surface area contributed by atoms with Crippen LogP contribution in [0.5, 0.6) is 0 Å². The molecular weight excluding hydrogens is 204 g/mol. The van der Waals surface area contributed by atoms with Gasteiger partial charge < -0.3 is 10.0 Å². The van der Waals surface area contributed by atoms with E-state index in [1.807, 2.05) is 13.8 Å². The lowest BCUT2D eigenvalue weighted by atomic mass is 9.93. The molecule has 0 aromatic rings. The second kappa shape index (κ2) is 5.86. The van der Waals surface area contributed by atoms with Crippen LogP contribution in [0.1, 0.15) is 33.1 Å². The van der Waals surface area contributed by atoms with Gasteiger partial charge in [-0.1, -0.05) is 13.8 Å². The topological polar surface area (TPSA) is 64.3 Å². The minimum atomic E-state index is -0.577. The summed E-state index contributed by atoms with van der Waals surface area (Å²) in [5, 5.41) is 18.2. The Labute approximate surface area is 96.9 Å². The van der Waals surface area contributed by atoms with Gasteiger partial charge in [0.25, 0.3) is 0 Å². The SMILES string of the molecule is CC(C)C(C#N)C(=O)N1CCCCC1CO. The van der Waals surface area contributed by atoms with Crippen molar-refractivity contribution < 1.29 is 9.90 Å². The van der Waals surface area contributed by atoms with Crippen molar-refractivity contribution in [3.63, 3.8) is 0 Å². The minimum absolute atomic E-state index is 0.00197. The number of carbonyl (C=O) groups is 1. The first kappa shape index (κ1) is 13.0. The zero-order valence-electron chi connectivity index (χ0n) is 10.0. The average molecular weight is 224 g/mol. The zero-order chi connectivity index (χ0) is 12.1. The fourth-order valence-electron chi connectivity index (χ4n) is 2.15. The van der Waals surface area contributed by atoms with Crippen LogP contribution < -0.4 is 0 Å². The molecule has 0 radical (unpaired) electrons. The molecule has 0 aromatic heterocycles. The third kappa shape index (κ3) is 2.73. The first-order chi connectivity index (χ1) is 7.61. The molecule has 16 heavy (non-hydrogen) atoms. The van der Waals surface area contributed by atoms with Gasteiger partial charge in [-0.25, -0.2) is 0 Å². The maximum atomic E-state index is 12.1. The van der Waals surface area contributed by atoms with E-state index in [9.17, 15) is 9.90 Å². The van der Waals surface area contributed by atoms with E-state index in [0.717, 1.165) is 19.3 Å². The molecule has 90 valence electrons. The molecule has 2 unspecified atom stereocenters. The van der Waals surface area contributed by atoms with Crippen LogP contribution in [0, 0.1) is 23.2 Å². The van der Waals surface area contributed by atoms with E-state index in [1.165, 1.54) is 0 Å². The first-order valence-corrected chi connectivity index (χ1v) is 5.92. The van der Waals surface area contributed by atoms with Crippen LogP contribution >= 0.6 is 0 Å². The van der Waals surface area contributed by atoms with E-state index >= 15 is 0 Å². The van der Waals surface area contributed by atoms with Crippen molar-refractivity contribution in [2.24, 2.45) is 11.8 Å². The van der Waals surface area contributed by atoms with Crippen molar-refractivity contribution in [1.82, 2.24) is 4.90 Å². The molecule has 1 amide bonds. The lowest BCUT2D eigenvalue weighted by Crippen LogP contribution is -2.48. The van der Waals surface area contributed by atoms with Gasteiger partial charge in [0.05, 0.1) is 18.7 Å². The molecule has 1 rings (SSSR count). The van der Waals surface area contributed by atoms with Crippen molar-refractivity contribution in [3.05, 3.63) is 0 Å². The number of likely N-dealkylation sites (tertiary alicyclic amines) is 1. The summed E-state index contributed by atoms with van der Waals surface area (Å²) in [7, 11) is 0. The molecule has 0 bridgehead atoms. The Balaban J connectivity index is 2.74. The Hall–Kier alpha value is -1.08. The molecule has 4 heteroatoms. The summed E-state index contributed by atoms with van der Waals surface area (Å²) < 4.78 is 0. The van der Waals surface area contributed by atoms with Crippen molar-refractivity contribution in [1.29, 1.82) is 5.26 Å². The molecule has 1 aliphatic heterocycles. The van der Waals surface area contributed by atoms with Crippen LogP contribution in [0.3, 0.4) is 0 Å². The fourth-order valence-corrected chi connectivity index (χ4v) is 2.15. The summed E-state index contributed by atoms with van der Waals surface area (Å²) >= 11 is 0. The smallest absolute Gasteiger partial charge is 0.240 e. The highest BCUT2D eigenvalue weighted by Crippen LogP contribution is 2.21. The molecule has 1 aliphatic rings. The number of nitriles is 1. The Morgan fingerprint density at radius 3 is 2.75 bits per heavy atom. The second-order valence-electron chi connectivity index (χ2n) is 4.71. The van der Waals surface area contributed by atoms with E-state index in [0.29, 0.717) is 6.54 Å². The van der Waals surface area contributed by atoms with Crippen molar-refractivity contribution in [2.75, 3.05) is 13.2 Å². The molecule has 0 aromatic carbocycles. The highest BCUT2D eigenvalue weighted by molar-refractivity contribution is 5.81. The van der Waals surface area contributed by atoms with Gasteiger partial charge in [-0.05, 0) is 25.2 Å².